The number of ether oxygens (including phenoxy) is 1. The van der Waals surface area contributed by atoms with Crippen molar-refractivity contribution in [2.45, 2.75) is 46.3 Å². The SMILES string of the molecule is Cc1cc(N=S2CCC2)cc2ncnc(Nc3ccc(F)cc3O[C@H](C)C(=O)NC(C)C)c12. The van der Waals surface area contributed by atoms with Crippen molar-refractivity contribution in [1.29, 1.82) is 0 Å². The number of benzene rings is 2. The maximum absolute atomic E-state index is 14.0. The summed E-state index contributed by atoms with van der Waals surface area (Å²) >= 11 is 0. The molecule has 0 spiro atoms. The van der Waals surface area contributed by atoms with E-state index in [0.29, 0.717) is 11.5 Å². The quantitative estimate of drug-likeness (QED) is 0.511. The van der Waals surface area contributed by atoms with E-state index in [0.717, 1.165) is 33.7 Å². The van der Waals surface area contributed by atoms with E-state index in [1.165, 1.54) is 24.9 Å². The van der Waals surface area contributed by atoms with Crippen LogP contribution in [0.1, 0.15) is 32.8 Å². The number of hydrogen-bond donors (Lipinski definition) is 2. The summed E-state index contributed by atoms with van der Waals surface area (Å²) in [5.41, 5.74) is 3.21. The summed E-state index contributed by atoms with van der Waals surface area (Å²) in [6, 6.07) is 8.16. The number of nitrogens with one attached hydrogen (secondary N) is 2. The lowest BCUT2D eigenvalue weighted by Crippen LogP contribution is -2.40. The fourth-order valence-electron chi connectivity index (χ4n) is 3.50. The molecule has 1 saturated heterocycles. The van der Waals surface area contributed by atoms with Crippen LogP contribution in [-0.4, -0.2) is 39.5 Å². The molecule has 9 heteroatoms. The van der Waals surface area contributed by atoms with Gasteiger partial charge in [-0.2, -0.15) is 0 Å². The van der Waals surface area contributed by atoms with Gasteiger partial charge in [0.15, 0.2) is 6.10 Å². The van der Waals surface area contributed by atoms with Crippen LogP contribution in [-0.2, 0) is 15.5 Å². The van der Waals surface area contributed by atoms with Gasteiger partial charge in [0.2, 0.25) is 0 Å². The minimum Gasteiger partial charge on any atom is -0.479 e. The zero-order valence-electron chi connectivity index (χ0n) is 19.2. The van der Waals surface area contributed by atoms with Crippen LogP contribution >= 0.6 is 0 Å². The molecule has 1 atom stereocenters. The maximum atomic E-state index is 14.0. The first kappa shape index (κ1) is 23.1. The first-order valence-corrected chi connectivity index (χ1v) is 12.5. The smallest absolute Gasteiger partial charge is 0.260 e. The largest absolute Gasteiger partial charge is 0.479 e. The summed E-state index contributed by atoms with van der Waals surface area (Å²) in [4.78, 5) is 21.1. The predicted octanol–water partition coefficient (Wildman–Crippen LogP) is 4.95. The Morgan fingerprint density at radius 2 is 1.97 bits per heavy atom. The minimum atomic E-state index is -0.796. The molecule has 1 amide bonds. The lowest BCUT2D eigenvalue weighted by Gasteiger charge is -2.19. The Hall–Kier alpha value is -3.07. The molecule has 2 aromatic carbocycles. The van der Waals surface area contributed by atoms with Gasteiger partial charge in [-0.05, 0) is 63.9 Å². The van der Waals surface area contributed by atoms with E-state index < -0.39 is 11.9 Å². The van der Waals surface area contributed by atoms with Crippen molar-refractivity contribution in [3.8, 4) is 5.75 Å². The zero-order chi connectivity index (χ0) is 23.5. The first-order valence-electron chi connectivity index (χ1n) is 11.0. The number of carbonyl (C=O) groups excluding carboxylic acids is 1. The minimum absolute atomic E-state index is 0.0227. The predicted molar refractivity (Wildman–Crippen MR) is 131 cm³/mol. The summed E-state index contributed by atoms with van der Waals surface area (Å²) in [7, 11) is 0.127. The van der Waals surface area contributed by atoms with Crippen LogP contribution in [0.4, 0.5) is 21.6 Å². The number of anilines is 2. The third-order valence-corrected chi connectivity index (χ3v) is 7.20. The average molecular weight is 470 g/mol. The Morgan fingerprint density at radius 1 is 1.18 bits per heavy atom. The van der Waals surface area contributed by atoms with Gasteiger partial charge in [-0.15, -0.1) is 0 Å². The van der Waals surface area contributed by atoms with Crippen molar-refractivity contribution in [3.05, 3.63) is 48.0 Å². The lowest BCUT2D eigenvalue weighted by atomic mass is 10.1. The Labute approximate surface area is 195 Å². The number of hydrogen-bond acceptors (Lipinski definition) is 6. The van der Waals surface area contributed by atoms with Gasteiger partial charge in [-0.25, -0.2) is 18.7 Å². The summed E-state index contributed by atoms with van der Waals surface area (Å²) in [5.74, 6) is 2.39. The Balaban J connectivity index is 1.65. The molecule has 1 fully saturated rings. The van der Waals surface area contributed by atoms with Crippen LogP contribution in [0.3, 0.4) is 0 Å². The molecular formula is C24H28FN5O2S. The van der Waals surface area contributed by atoms with E-state index in [1.54, 1.807) is 13.0 Å². The van der Waals surface area contributed by atoms with Gasteiger partial charge in [-0.1, -0.05) is 10.7 Å². The number of fused-ring (bicyclic) bond motifs is 1. The molecule has 0 radical (unpaired) electrons. The van der Waals surface area contributed by atoms with Crippen LogP contribution < -0.4 is 15.4 Å². The van der Waals surface area contributed by atoms with Crippen LogP contribution in [0.15, 0.2) is 41.0 Å². The first-order chi connectivity index (χ1) is 15.8. The highest BCUT2D eigenvalue weighted by Gasteiger charge is 2.19. The van der Waals surface area contributed by atoms with Crippen molar-refractivity contribution >= 4 is 44.7 Å². The van der Waals surface area contributed by atoms with E-state index in [-0.39, 0.29) is 28.4 Å². The zero-order valence-corrected chi connectivity index (χ0v) is 20.0. The standard InChI is InChI=1S/C24H28FN5O2S/c1-14(2)28-24(31)16(4)32-21-11-17(25)6-7-19(21)29-23-22-15(3)10-18(30-33-8-5-9-33)12-20(22)26-13-27-23/h6-7,10-14,16H,5,8-9H2,1-4H3,(H,28,31)(H,26,27,29)/t16-/m1/s1. The summed E-state index contributed by atoms with van der Waals surface area (Å²) in [5, 5.41) is 6.90. The fraction of sp³-hybridized carbons (Fsp3) is 0.375. The van der Waals surface area contributed by atoms with Crippen molar-refractivity contribution in [2.75, 3.05) is 16.8 Å². The summed E-state index contributed by atoms with van der Waals surface area (Å²) < 4.78 is 24.6. The number of aryl methyl sites for hydroxylation is 1. The number of amides is 1. The molecule has 0 saturated carbocycles. The second-order valence-corrected chi connectivity index (χ2v) is 10.3. The van der Waals surface area contributed by atoms with Gasteiger partial charge in [0.05, 0.1) is 16.9 Å². The molecule has 1 aliphatic rings. The van der Waals surface area contributed by atoms with Gasteiger partial charge in [0.1, 0.15) is 23.7 Å². The molecule has 4 rings (SSSR count). The van der Waals surface area contributed by atoms with E-state index in [1.807, 2.05) is 32.9 Å². The van der Waals surface area contributed by atoms with Gasteiger partial charge in [0.25, 0.3) is 5.91 Å². The number of aromatic nitrogens is 2. The van der Waals surface area contributed by atoms with Crippen LogP contribution in [0.25, 0.3) is 10.9 Å². The molecule has 33 heavy (non-hydrogen) atoms. The number of carbonyl (C=O) groups is 1. The van der Waals surface area contributed by atoms with Gasteiger partial charge < -0.3 is 15.4 Å². The highest BCUT2D eigenvalue weighted by atomic mass is 32.2. The highest BCUT2D eigenvalue weighted by molar-refractivity contribution is 7.88. The molecule has 0 aliphatic carbocycles. The van der Waals surface area contributed by atoms with E-state index in [4.69, 9.17) is 9.10 Å². The maximum Gasteiger partial charge on any atom is 0.260 e. The van der Waals surface area contributed by atoms with Gasteiger partial charge in [0, 0.05) is 29.0 Å². The average Bonchev–Trinajstić information content (AvgIpc) is 2.72. The molecule has 3 aromatic rings. The van der Waals surface area contributed by atoms with Crippen LogP contribution in [0, 0.1) is 12.7 Å². The molecule has 7 nitrogen and oxygen atoms in total. The third-order valence-electron chi connectivity index (χ3n) is 5.21. The number of halogens is 1. The summed E-state index contributed by atoms with van der Waals surface area (Å²) in [6.07, 6.45) is 1.94. The summed E-state index contributed by atoms with van der Waals surface area (Å²) in [6.45, 7) is 7.37. The third kappa shape index (κ3) is 5.47. The molecule has 2 N–H and O–H groups in total. The van der Waals surface area contributed by atoms with E-state index in [2.05, 4.69) is 20.6 Å². The second kappa shape index (κ2) is 9.82. The molecule has 1 aromatic heterocycles. The van der Waals surface area contributed by atoms with Crippen LogP contribution in [0.5, 0.6) is 5.75 Å². The van der Waals surface area contributed by atoms with E-state index >= 15 is 0 Å². The van der Waals surface area contributed by atoms with Gasteiger partial charge in [-0.3, -0.25) is 4.79 Å². The van der Waals surface area contributed by atoms with Crippen LogP contribution in [0.2, 0.25) is 0 Å². The highest BCUT2D eigenvalue weighted by Crippen LogP contribution is 2.34. The molecule has 0 unspecified atom stereocenters. The Morgan fingerprint density at radius 3 is 2.67 bits per heavy atom. The topological polar surface area (TPSA) is 88.5 Å². The second-order valence-electron chi connectivity index (χ2n) is 8.38. The lowest BCUT2D eigenvalue weighted by molar-refractivity contribution is -0.127. The van der Waals surface area contributed by atoms with Crippen molar-refractivity contribution in [3.63, 3.8) is 0 Å². The monoisotopic (exact) mass is 469 g/mol. The molecule has 2 heterocycles. The van der Waals surface area contributed by atoms with E-state index in [9.17, 15) is 9.18 Å². The van der Waals surface area contributed by atoms with Crippen molar-refractivity contribution in [1.82, 2.24) is 15.3 Å². The van der Waals surface area contributed by atoms with Crippen molar-refractivity contribution < 1.29 is 13.9 Å². The Kier molecular flexibility index (Phi) is 6.88. The van der Waals surface area contributed by atoms with Crippen molar-refractivity contribution in [2.24, 2.45) is 4.36 Å². The fourth-order valence-corrected chi connectivity index (χ4v) is 4.64. The molecule has 0 bridgehead atoms. The normalized spacial score (nSPS) is 14.6. The number of rotatable bonds is 7. The molecular weight excluding hydrogens is 441 g/mol. The Bertz CT molecular complexity index is 1220. The molecule has 174 valence electrons. The number of nitrogens with zero attached hydrogens (tertiary/aromatic N) is 3. The van der Waals surface area contributed by atoms with Gasteiger partial charge >= 0.3 is 0 Å². The molecule has 1 aliphatic heterocycles.